The molecule has 2 aromatic rings. The van der Waals surface area contributed by atoms with Crippen LogP contribution in [-0.4, -0.2) is 50.1 Å². The predicted octanol–water partition coefficient (Wildman–Crippen LogP) is 4.80. The van der Waals surface area contributed by atoms with E-state index in [2.05, 4.69) is 12.2 Å². The summed E-state index contributed by atoms with van der Waals surface area (Å²) in [5, 5.41) is 2.95. The maximum Gasteiger partial charge on any atom is 0.230 e. The average Bonchev–Trinajstić information content (AvgIpc) is 3.33. The van der Waals surface area contributed by atoms with Gasteiger partial charge < -0.3 is 19.9 Å². The number of hydrogen-bond donors (Lipinski definition) is 1. The van der Waals surface area contributed by atoms with Gasteiger partial charge in [-0.3, -0.25) is 9.59 Å². The zero-order valence-corrected chi connectivity index (χ0v) is 20.3. The normalized spacial score (nSPS) is 16.3. The molecule has 1 fully saturated rings. The highest BCUT2D eigenvalue weighted by Gasteiger charge is 2.29. The first-order chi connectivity index (χ1) is 15.9. The van der Waals surface area contributed by atoms with Gasteiger partial charge in [0.1, 0.15) is 0 Å². The molecule has 2 amide bonds. The molecule has 3 rings (SSSR count). The first-order valence-electron chi connectivity index (χ1n) is 12.0. The summed E-state index contributed by atoms with van der Waals surface area (Å²) < 4.78 is 5.90. The van der Waals surface area contributed by atoms with Gasteiger partial charge in [0.25, 0.3) is 0 Å². The van der Waals surface area contributed by atoms with E-state index in [1.165, 1.54) is 0 Å². The van der Waals surface area contributed by atoms with Gasteiger partial charge in [0, 0.05) is 51.6 Å². The second kappa shape index (κ2) is 11.8. The van der Waals surface area contributed by atoms with Crippen LogP contribution in [0.3, 0.4) is 0 Å². The lowest BCUT2D eigenvalue weighted by Gasteiger charge is -2.31. The second-order valence-electron chi connectivity index (χ2n) is 8.86. The molecule has 6 nitrogen and oxygen atoms in total. The Labute approximate surface area is 197 Å². The third-order valence-electron chi connectivity index (χ3n) is 6.20. The van der Waals surface area contributed by atoms with Crippen LogP contribution in [0.5, 0.6) is 0 Å². The fourth-order valence-corrected chi connectivity index (χ4v) is 4.41. The number of anilines is 2. The van der Waals surface area contributed by atoms with Crippen LogP contribution in [0.25, 0.3) is 0 Å². The number of nitrogens with one attached hydrogen (secondary N) is 1. The number of ether oxygens (including phenoxy) is 1. The van der Waals surface area contributed by atoms with Crippen molar-refractivity contribution in [2.75, 3.05) is 37.5 Å². The van der Waals surface area contributed by atoms with E-state index in [-0.39, 0.29) is 23.8 Å². The number of benzene rings is 2. The monoisotopic (exact) mass is 451 g/mol. The van der Waals surface area contributed by atoms with Gasteiger partial charge in [0.05, 0.1) is 12.0 Å². The molecule has 6 heteroatoms. The Hall–Kier alpha value is -2.86. The number of nitrogens with zero attached hydrogens (tertiary/aromatic N) is 2. The summed E-state index contributed by atoms with van der Waals surface area (Å²) in [6.45, 7) is 5.68. The fraction of sp³-hybridized carbons (Fsp3) is 0.481. The van der Waals surface area contributed by atoms with E-state index < -0.39 is 0 Å². The van der Waals surface area contributed by atoms with Gasteiger partial charge in [0.2, 0.25) is 11.8 Å². The molecule has 0 bridgehead atoms. The van der Waals surface area contributed by atoms with Gasteiger partial charge in [0.15, 0.2) is 0 Å². The molecule has 0 aliphatic carbocycles. The van der Waals surface area contributed by atoms with Crippen molar-refractivity contribution >= 4 is 23.2 Å². The van der Waals surface area contributed by atoms with Gasteiger partial charge in [-0.15, -0.1) is 0 Å². The molecule has 2 atom stereocenters. The van der Waals surface area contributed by atoms with Crippen LogP contribution in [0, 0.1) is 0 Å². The number of rotatable bonds is 10. The molecule has 178 valence electrons. The fourth-order valence-electron chi connectivity index (χ4n) is 4.41. The first kappa shape index (κ1) is 24.8. The largest absolute Gasteiger partial charge is 0.377 e. The molecule has 0 spiro atoms. The van der Waals surface area contributed by atoms with Gasteiger partial charge in [-0.2, -0.15) is 0 Å². The predicted molar refractivity (Wildman–Crippen MR) is 134 cm³/mol. The summed E-state index contributed by atoms with van der Waals surface area (Å²) in [6.07, 6.45) is 3.22. The Bertz CT molecular complexity index is 923. The summed E-state index contributed by atoms with van der Waals surface area (Å²) in [4.78, 5) is 29.8. The van der Waals surface area contributed by atoms with Crippen LogP contribution in [-0.2, 0) is 20.9 Å². The van der Waals surface area contributed by atoms with E-state index in [9.17, 15) is 9.59 Å². The molecule has 0 saturated carbocycles. The minimum Gasteiger partial charge on any atom is -0.377 e. The van der Waals surface area contributed by atoms with Crippen LogP contribution >= 0.6 is 0 Å². The van der Waals surface area contributed by atoms with Gasteiger partial charge in [-0.1, -0.05) is 44.2 Å². The highest BCUT2D eigenvalue weighted by molar-refractivity contribution is 5.91. The molecular weight excluding hydrogens is 414 g/mol. The summed E-state index contributed by atoms with van der Waals surface area (Å²) in [6, 6.07) is 15.9. The lowest BCUT2D eigenvalue weighted by atomic mass is 9.94. The van der Waals surface area contributed by atoms with Crippen LogP contribution in [0.15, 0.2) is 48.5 Å². The molecule has 1 saturated heterocycles. The molecule has 0 radical (unpaired) electrons. The lowest BCUT2D eigenvalue weighted by molar-refractivity contribution is -0.135. The molecule has 1 heterocycles. The Kier molecular flexibility index (Phi) is 8.89. The highest BCUT2D eigenvalue weighted by Crippen LogP contribution is 2.29. The third kappa shape index (κ3) is 6.57. The van der Waals surface area contributed by atoms with Crippen molar-refractivity contribution in [2.45, 2.75) is 58.1 Å². The average molecular weight is 452 g/mol. The van der Waals surface area contributed by atoms with E-state index in [0.29, 0.717) is 19.5 Å². The van der Waals surface area contributed by atoms with Crippen LogP contribution in [0.1, 0.15) is 56.6 Å². The molecule has 33 heavy (non-hydrogen) atoms. The highest BCUT2D eigenvalue weighted by atomic mass is 16.5. The maximum atomic E-state index is 13.8. The Balaban J connectivity index is 1.93. The minimum absolute atomic E-state index is 0.0269. The van der Waals surface area contributed by atoms with Crippen LogP contribution in [0.2, 0.25) is 0 Å². The van der Waals surface area contributed by atoms with Crippen molar-refractivity contribution < 1.29 is 14.3 Å². The maximum absolute atomic E-state index is 13.8. The van der Waals surface area contributed by atoms with Crippen LogP contribution in [0.4, 0.5) is 11.4 Å². The summed E-state index contributed by atoms with van der Waals surface area (Å²) in [5.41, 5.74) is 3.83. The summed E-state index contributed by atoms with van der Waals surface area (Å²) in [5.74, 6) is -0.105. The van der Waals surface area contributed by atoms with Crippen molar-refractivity contribution in [1.29, 1.82) is 0 Å². The lowest BCUT2D eigenvalue weighted by Crippen LogP contribution is -2.40. The van der Waals surface area contributed by atoms with Gasteiger partial charge >= 0.3 is 0 Å². The number of carbonyl (C=O) groups is 2. The number of carbonyl (C=O) groups excluding carboxylic acids is 2. The van der Waals surface area contributed by atoms with E-state index in [1.54, 1.807) is 0 Å². The Morgan fingerprint density at radius 3 is 2.48 bits per heavy atom. The van der Waals surface area contributed by atoms with E-state index >= 15 is 0 Å². The number of hydrogen-bond acceptors (Lipinski definition) is 4. The zero-order chi connectivity index (χ0) is 23.8. The Morgan fingerprint density at radius 1 is 1.12 bits per heavy atom. The first-order valence-corrected chi connectivity index (χ1v) is 12.0. The van der Waals surface area contributed by atoms with E-state index in [0.717, 1.165) is 48.4 Å². The van der Waals surface area contributed by atoms with Gasteiger partial charge in [-0.05, 0) is 48.6 Å². The third-order valence-corrected chi connectivity index (χ3v) is 6.20. The van der Waals surface area contributed by atoms with E-state index in [4.69, 9.17) is 4.74 Å². The summed E-state index contributed by atoms with van der Waals surface area (Å²) in [7, 11) is 3.99. The van der Waals surface area contributed by atoms with Crippen molar-refractivity contribution in [2.24, 2.45) is 0 Å². The SMILES string of the molecule is CCC(=O)Nc1ccc(N(C)C)c(CN(C[C@@H]2CCCO2)C(=O)[C@@H](CC)c2ccccc2)c1. The molecule has 0 unspecified atom stereocenters. The van der Waals surface area contributed by atoms with Crippen molar-refractivity contribution in [3.8, 4) is 0 Å². The van der Waals surface area contributed by atoms with Crippen molar-refractivity contribution in [3.63, 3.8) is 0 Å². The van der Waals surface area contributed by atoms with Crippen molar-refractivity contribution in [3.05, 3.63) is 59.7 Å². The topological polar surface area (TPSA) is 61.9 Å². The van der Waals surface area contributed by atoms with E-state index in [1.807, 2.05) is 79.3 Å². The smallest absolute Gasteiger partial charge is 0.230 e. The molecule has 1 N–H and O–H groups in total. The molecule has 1 aliphatic rings. The zero-order valence-electron chi connectivity index (χ0n) is 20.3. The van der Waals surface area contributed by atoms with Crippen LogP contribution < -0.4 is 10.2 Å². The van der Waals surface area contributed by atoms with Gasteiger partial charge in [-0.25, -0.2) is 0 Å². The molecular formula is C27H37N3O3. The minimum atomic E-state index is -0.196. The summed E-state index contributed by atoms with van der Waals surface area (Å²) >= 11 is 0. The standard InChI is InChI=1S/C27H37N3O3/c1-5-24(20-11-8-7-9-12-20)27(32)30(19-23-13-10-16-33-23)18-21-17-22(28-26(31)6-2)14-15-25(21)29(3)4/h7-9,11-12,14-15,17,23-24H,5-6,10,13,16,18-19H2,1-4H3,(H,28,31)/t23-,24-/m0/s1. The van der Waals surface area contributed by atoms with Crippen molar-refractivity contribution in [1.82, 2.24) is 4.90 Å². The Morgan fingerprint density at radius 2 is 1.88 bits per heavy atom. The quantitative estimate of drug-likeness (QED) is 0.564. The molecule has 2 aromatic carbocycles. The second-order valence-corrected chi connectivity index (χ2v) is 8.86. The number of amides is 2. The molecule has 1 aliphatic heterocycles. The molecule has 0 aromatic heterocycles.